The highest BCUT2D eigenvalue weighted by Gasteiger charge is 2.15. The summed E-state index contributed by atoms with van der Waals surface area (Å²) >= 11 is 5.71. The molecule has 18 heavy (non-hydrogen) atoms. The fraction of sp³-hybridized carbons (Fsp3) is 0.0714. The maximum absolute atomic E-state index is 13.5. The maximum Gasteiger partial charge on any atom is 0.196 e. The fourth-order valence-corrected chi connectivity index (χ4v) is 1.73. The van der Waals surface area contributed by atoms with Crippen LogP contribution in [0, 0.1) is 18.6 Å². The van der Waals surface area contributed by atoms with E-state index in [1.165, 1.54) is 24.3 Å². The smallest absolute Gasteiger partial charge is 0.196 e. The minimum Gasteiger partial charge on any atom is -0.288 e. The van der Waals surface area contributed by atoms with Crippen LogP contribution in [0.2, 0.25) is 5.02 Å². The van der Waals surface area contributed by atoms with E-state index in [4.69, 9.17) is 11.6 Å². The minimum atomic E-state index is -0.676. The van der Waals surface area contributed by atoms with Crippen LogP contribution >= 0.6 is 11.6 Å². The third-order valence-corrected chi connectivity index (χ3v) is 2.84. The first-order chi connectivity index (χ1) is 8.49. The highest BCUT2D eigenvalue weighted by atomic mass is 35.5. The molecule has 0 aliphatic carbocycles. The Kier molecular flexibility index (Phi) is 3.43. The van der Waals surface area contributed by atoms with Gasteiger partial charge in [-0.25, -0.2) is 8.78 Å². The van der Waals surface area contributed by atoms with Gasteiger partial charge in [-0.2, -0.15) is 0 Å². The molecule has 0 fully saturated rings. The van der Waals surface area contributed by atoms with Crippen molar-refractivity contribution in [3.05, 3.63) is 69.7 Å². The number of carbonyl (C=O) groups is 1. The van der Waals surface area contributed by atoms with Gasteiger partial charge in [-0.1, -0.05) is 23.7 Å². The van der Waals surface area contributed by atoms with E-state index in [2.05, 4.69) is 0 Å². The molecule has 0 aliphatic rings. The standard InChI is InChI=1S/C14H9ClF2O/c1-8-2-3-9(6-13(8)17)14(18)11-7-10(15)4-5-12(11)16/h2-7H,1H3. The SMILES string of the molecule is Cc1ccc(C(=O)c2cc(Cl)ccc2F)cc1F. The number of benzene rings is 2. The maximum atomic E-state index is 13.5. The van der Waals surface area contributed by atoms with Crippen LogP contribution < -0.4 is 0 Å². The monoisotopic (exact) mass is 266 g/mol. The van der Waals surface area contributed by atoms with Crippen LogP contribution in [0.1, 0.15) is 21.5 Å². The van der Waals surface area contributed by atoms with Gasteiger partial charge in [-0.05, 0) is 36.8 Å². The van der Waals surface area contributed by atoms with Crippen molar-refractivity contribution in [2.24, 2.45) is 0 Å². The van der Waals surface area contributed by atoms with Gasteiger partial charge in [-0.15, -0.1) is 0 Å². The first-order valence-electron chi connectivity index (χ1n) is 5.25. The molecule has 92 valence electrons. The van der Waals surface area contributed by atoms with E-state index in [9.17, 15) is 13.6 Å². The predicted molar refractivity (Wildman–Crippen MR) is 66.0 cm³/mol. The van der Waals surface area contributed by atoms with Crippen molar-refractivity contribution in [3.63, 3.8) is 0 Å². The van der Waals surface area contributed by atoms with Crippen LogP contribution in [0.25, 0.3) is 0 Å². The highest BCUT2D eigenvalue weighted by molar-refractivity contribution is 6.31. The molecule has 4 heteroatoms. The molecule has 1 nitrogen and oxygen atoms in total. The predicted octanol–water partition coefficient (Wildman–Crippen LogP) is 4.16. The molecule has 0 radical (unpaired) electrons. The summed E-state index contributed by atoms with van der Waals surface area (Å²) in [5.41, 5.74) is 0.364. The second-order valence-corrected chi connectivity index (χ2v) is 4.35. The molecule has 0 saturated carbocycles. The first kappa shape index (κ1) is 12.7. The molecular weight excluding hydrogens is 258 g/mol. The Morgan fingerprint density at radius 2 is 1.78 bits per heavy atom. The van der Waals surface area contributed by atoms with Crippen molar-refractivity contribution in [2.45, 2.75) is 6.92 Å². The second kappa shape index (κ2) is 4.86. The number of hydrogen-bond acceptors (Lipinski definition) is 1. The van der Waals surface area contributed by atoms with Gasteiger partial charge < -0.3 is 0 Å². The van der Waals surface area contributed by atoms with Crippen LogP contribution in [0.5, 0.6) is 0 Å². The Bertz CT molecular complexity index is 623. The number of hydrogen-bond donors (Lipinski definition) is 0. The summed E-state index contributed by atoms with van der Waals surface area (Å²) in [7, 11) is 0. The lowest BCUT2D eigenvalue weighted by molar-refractivity contribution is 0.103. The molecular formula is C14H9ClF2O. The van der Waals surface area contributed by atoms with Crippen LogP contribution in [0.15, 0.2) is 36.4 Å². The van der Waals surface area contributed by atoms with Crippen molar-refractivity contribution in [1.29, 1.82) is 0 Å². The molecule has 0 aliphatic heterocycles. The minimum absolute atomic E-state index is 0.0965. The number of carbonyl (C=O) groups excluding carboxylic acids is 1. The van der Waals surface area contributed by atoms with E-state index in [0.717, 1.165) is 12.1 Å². The van der Waals surface area contributed by atoms with Gasteiger partial charge in [0.25, 0.3) is 0 Å². The topological polar surface area (TPSA) is 17.1 Å². The summed E-state index contributed by atoms with van der Waals surface area (Å²) in [5.74, 6) is -1.76. The summed E-state index contributed by atoms with van der Waals surface area (Å²) in [6.07, 6.45) is 0. The van der Waals surface area contributed by atoms with Crippen LogP contribution in [-0.4, -0.2) is 5.78 Å². The van der Waals surface area contributed by atoms with E-state index in [1.807, 2.05) is 0 Å². The van der Waals surface area contributed by atoms with Crippen molar-refractivity contribution >= 4 is 17.4 Å². The molecule has 2 aromatic rings. The molecule has 0 N–H and O–H groups in total. The van der Waals surface area contributed by atoms with Crippen molar-refractivity contribution in [1.82, 2.24) is 0 Å². The van der Waals surface area contributed by atoms with E-state index in [1.54, 1.807) is 6.92 Å². The normalized spacial score (nSPS) is 10.4. The van der Waals surface area contributed by atoms with Gasteiger partial charge in [0.2, 0.25) is 0 Å². The lowest BCUT2D eigenvalue weighted by Crippen LogP contribution is -2.05. The summed E-state index contributed by atoms with van der Waals surface area (Å²) in [6.45, 7) is 1.59. The summed E-state index contributed by atoms with van der Waals surface area (Å²) in [5, 5.41) is 0.257. The molecule has 0 saturated heterocycles. The molecule has 2 rings (SSSR count). The number of halogens is 3. The Morgan fingerprint density at radius 3 is 2.44 bits per heavy atom. The van der Waals surface area contributed by atoms with Gasteiger partial charge >= 0.3 is 0 Å². The molecule has 0 spiro atoms. The number of ketones is 1. The number of aryl methyl sites for hydroxylation is 1. The number of rotatable bonds is 2. The Balaban J connectivity index is 2.47. The van der Waals surface area contributed by atoms with Gasteiger partial charge in [0.15, 0.2) is 5.78 Å². The lowest BCUT2D eigenvalue weighted by Gasteiger charge is -2.04. The Hall–Kier alpha value is -1.74. The van der Waals surface area contributed by atoms with E-state index in [0.29, 0.717) is 5.56 Å². The second-order valence-electron chi connectivity index (χ2n) is 3.92. The average molecular weight is 267 g/mol. The molecule has 0 bridgehead atoms. The molecule has 0 heterocycles. The molecule has 0 aromatic heterocycles. The summed E-state index contributed by atoms with van der Waals surface area (Å²) in [4.78, 5) is 12.0. The molecule has 0 atom stereocenters. The van der Waals surface area contributed by atoms with E-state index in [-0.39, 0.29) is 16.1 Å². The molecule has 0 unspecified atom stereocenters. The van der Waals surface area contributed by atoms with Gasteiger partial charge in [-0.3, -0.25) is 4.79 Å². The lowest BCUT2D eigenvalue weighted by atomic mass is 10.0. The largest absolute Gasteiger partial charge is 0.288 e. The summed E-state index contributed by atoms with van der Waals surface area (Å²) in [6, 6.07) is 7.73. The molecule has 0 amide bonds. The Morgan fingerprint density at radius 1 is 1.06 bits per heavy atom. The third-order valence-electron chi connectivity index (χ3n) is 2.61. The summed E-state index contributed by atoms with van der Waals surface area (Å²) < 4.78 is 26.9. The van der Waals surface area contributed by atoms with Crippen LogP contribution in [-0.2, 0) is 0 Å². The van der Waals surface area contributed by atoms with Crippen molar-refractivity contribution in [2.75, 3.05) is 0 Å². The van der Waals surface area contributed by atoms with Crippen molar-refractivity contribution < 1.29 is 13.6 Å². The van der Waals surface area contributed by atoms with Gasteiger partial charge in [0.05, 0.1) is 5.56 Å². The quantitative estimate of drug-likeness (QED) is 0.746. The first-order valence-corrected chi connectivity index (χ1v) is 5.63. The fourth-order valence-electron chi connectivity index (χ4n) is 1.56. The highest BCUT2D eigenvalue weighted by Crippen LogP contribution is 2.19. The van der Waals surface area contributed by atoms with Crippen LogP contribution in [0.3, 0.4) is 0 Å². The zero-order chi connectivity index (χ0) is 13.3. The van der Waals surface area contributed by atoms with Crippen LogP contribution in [0.4, 0.5) is 8.78 Å². The van der Waals surface area contributed by atoms with Gasteiger partial charge in [0, 0.05) is 10.6 Å². The zero-order valence-electron chi connectivity index (χ0n) is 9.51. The molecule has 2 aromatic carbocycles. The zero-order valence-corrected chi connectivity index (χ0v) is 10.3. The van der Waals surface area contributed by atoms with Gasteiger partial charge in [0.1, 0.15) is 11.6 Å². The average Bonchev–Trinajstić information content (AvgIpc) is 2.35. The van der Waals surface area contributed by atoms with E-state index >= 15 is 0 Å². The third kappa shape index (κ3) is 2.41. The Labute approximate surface area is 108 Å². The van der Waals surface area contributed by atoms with E-state index < -0.39 is 17.4 Å². The van der Waals surface area contributed by atoms with Crippen molar-refractivity contribution in [3.8, 4) is 0 Å².